The van der Waals surface area contributed by atoms with Gasteiger partial charge in [-0.05, 0) is 65.6 Å². The summed E-state index contributed by atoms with van der Waals surface area (Å²) in [6.45, 7) is 3.36. The maximum atomic E-state index is 13.5. The van der Waals surface area contributed by atoms with Gasteiger partial charge < -0.3 is 15.0 Å². The molecule has 0 spiro atoms. The predicted octanol–water partition coefficient (Wildman–Crippen LogP) is 6.12. The minimum absolute atomic E-state index is 0.0854. The maximum Gasteiger partial charge on any atom is 0.258 e. The zero-order valence-corrected chi connectivity index (χ0v) is 22.0. The van der Waals surface area contributed by atoms with Gasteiger partial charge in [-0.2, -0.15) is 0 Å². The van der Waals surface area contributed by atoms with Gasteiger partial charge in [0.2, 0.25) is 0 Å². The smallest absolute Gasteiger partial charge is 0.258 e. The van der Waals surface area contributed by atoms with Crippen LogP contribution in [0.1, 0.15) is 44.5 Å². The third-order valence-corrected chi connectivity index (χ3v) is 7.05. The lowest BCUT2D eigenvalue weighted by Crippen LogP contribution is -2.42. The van der Waals surface area contributed by atoms with Crippen molar-refractivity contribution in [3.8, 4) is 5.75 Å². The summed E-state index contributed by atoms with van der Waals surface area (Å²) in [5, 5.41) is 12.0. The summed E-state index contributed by atoms with van der Waals surface area (Å²) in [6, 6.07) is 29.6. The van der Waals surface area contributed by atoms with Crippen LogP contribution < -0.4 is 10.1 Å². The highest BCUT2D eigenvalue weighted by Gasteiger charge is 2.32. The van der Waals surface area contributed by atoms with Crippen molar-refractivity contribution < 1.29 is 13.9 Å². The van der Waals surface area contributed by atoms with Crippen LogP contribution in [0.5, 0.6) is 5.75 Å². The lowest BCUT2D eigenvalue weighted by molar-refractivity contribution is 0.0666. The molecule has 0 radical (unpaired) electrons. The van der Waals surface area contributed by atoms with Crippen molar-refractivity contribution in [1.29, 1.82) is 0 Å². The molecule has 8 heteroatoms. The topological polar surface area (TPSA) is 72.3 Å². The molecule has 1 aliphatic rings. The third kappa shape index (κ3) is 5.42. The molecule has 6 rings (SSSR count). The van der Waals surface area contributed by atoms with E-state index in [1.165, 1.54) is 23.3 Å². The first-order chi connectivity index (χ1) is 19.5. The van der Waals surface area contributed by atoms with Gasteiger partial charge in [-0.15, -0.1) is 5.10 Å². The number of para-hydroxylation sites is 1. The van der Waals surface area contributed by atoms with Crippen molar-refractivity contribution >= 4 is 11.6 Å². The van der Waals surface area contributed by atoms with E-state index >= 15 is 0 Å². The first-order valence-corrected chi connectivity index (χ1v) is 13.1. The van der Waals surface area contributed by atoms with Gasteiger partial charge in [0.25, 0.3) is 5.91 Å². The molecule has 0 saturated heterocycles. The number of hydrogen-bond donors (Lipinski definition) is 1. The van der Waals surface area contributed by atoms with Gasteiger partial charge in [0.15, 0.2) is 0 Å². The lowest BCUT2D eigenvalue weighted by atomic mass is 10.0. The summed E-state index contributed by atoms with van der Waals surface area (Å²) in [6.07, 6.45) is 1.49. The number of amides is 1. The SMILES string of the molecule is Cc1ccccc1Cn1cc(COc2ccc(C3Nc4ccccc4C(=O)N3Cc3ccc(F)cc3)cc2)nn1. The molecular weight excluding hydrogens is 505 g/mol. The van der Waals surface area contributed by atoms with Crippen LogP contribution in [0.4, 0.5) is 10.1 Å². The predicted molar refractivity (Wildman–Crippen MR) is 150 cm³/mol. The molecule has 1 amide bonds. The third-order valence-electron chi connectivity index (χ3n) is 7.05. The second kappa shape index (κ2) is 11.0. The number of hydrogen-bond acceptors (Lipinski definition) is 5. The van der Waals surface area contributed by atoms with E-state index in [1.807, 2.05) is 71.5 Å². The van der Waals surface area contributed by atoms with E-state index in [-0.39, 0.29) is 18.3 Å². The van der Waals surface area contributed by atoms with E-state index < -0.39 is 6.17 Å². The van der Waals surface area contributed by atoms with Crippen molar-refractivity contribution in [3.63, 3.8) is 0 Å². The monoisotopic (exact) mass is 533 g/mol. The molecule has 7 nitrogen and oxygen atoms in total. The van der Waals surface area contributed by atoms with Crippen LogP contribution in [0.15, 0.2) is 103 Å². The van der Waals surface area contributed by atoms with Gasteiger partial charge >= 0.3 is 0 Å². The fourth-order valence-electron chi connectivity index (χ4n) is 4.85. The Hall–Kier alpha value is -4.98. The van der Waals surface area contributed by atoms with Gasteiger partial charge in [-0.1, -0.05) is 65.9 Å². The Labute approximate surface area is 231 Å². The van der Waals surface area contributed by atoms with Crippen molar-refractivity contribution in [2.75, 3.05) is 5.32 Å². The zero-order chi connectivity index (χ0) is 27.5. The Balaban J connectivity index is 1.16. The van der Waals surface area contributed by atoms with Crippen molar-refractivity contribution in [2.24, 2.45) is 0 Å². The first-order valence-electron chi connectivity index (χ1n) is 13.1. The first kappa shape index (κ1) is 25.3. The minimum Gasteiger partial charge on any atom is -0.487 e. The van der Waals surface area contributed by atoms with Crippen LogP contribution in [0.2, 0.25) is 0 Å². The van der Waals surface area contributed by atoms with Crippen molar-refractivity contribution in [2.45, 2.75) is 32.8 Å². The van der Waals surface area contributed by atoms with E-state index in [2.05, 4.69) is 34.7 Å². The number of benzene rings is 4. The average Bonchev–Trinajstić information content (AvgIpc) is 3.43. The van der Waals surface area contributed by atoms with Gasteiger partial charge in [-0.3, -0.25) is 4.79 Å². The maximum absolute atomic E-state index is 13.5. The van der Waals surface area contributed by atoms with Gasteiger partial charge in [0.1, 0.15) is 30.0 Å². The number of ether oxygens (including phenoxy) is 1. The van der Waals surface area contributed by atoms with Crippen molar-refractivity contribution in [1.82, 2.24) is 19.9 Å². The molecule has 4 aromatic carbocycles. The van der Waals surface area contributed by atoms with E-state index in [0.717, 1.165) is 22.5 Å². The van der Waals surface area contributed by atoms with Gasteiger partial charge in [0, 0.05) is 12.2 Å². The Morgan fingerprint density at radius 2 is 1.65 bits per heavy atom. The highest BCUT2D eigenvalue weighted by Crippen LogP contribution is 2.34. The quantitative estimate of drug-likeness (QED) is 0.260. The molecule has 1 atom stereocenters. The Kier molecular flexibility index (Phi) is 6.97. The fourth-order valence-corrected chi connectivity index (χ4v) is 4.85. The molecule has 40 heavy (non-hydrogen) atoms. The Bertz CT molecular complexity index is 1630. The highest BCUT2D eigenvalue weighted by atomic mass is 19.1. The van der Waals surface area contributed by atoms with Crippen LogP contribution in [0, 0.1) is 12.7 Å². The molecule has 0 bridgehead atoms. The Morgan fingerprint density at radius 1 is 0.900 bits per heavy atom. The highest BCUT2D eigenvalue weighted by molar-refractivity contribution is 6.01. The number of fused-ring (bicyclic) bond motifs is 1. The number of carbonyl (C=O) groups is 1. The number of carbonyl (C=O) groups excluding carboxylic acids is 1. The Morgan fingerprint density at radius 3 is 2.45 bits per heavy atom. The summed E-state index contributed by atoms with van der Waals surface area (Å²) in [4.78, 5) is 15.3. The number of nitrogens with zero attached hydrogens (tertiary/aromatic N) is 4. The molecule has 0 fully saturated rings. The van der Waals surface area contributed by atoms with E-state index in [9.17, 15) is 9.18 Å². The van der Waals surface area contributed by atoms with Crippen LogP contribution >= 0.6 is 0 Å². The molecule has 1 unspecified atom stereocenters. The molecule has 200 valence electrons. The van der Waals surface area contributed by atoms with Crippen LogP contribution in [0.3, 0.4) is 0 Å². The molecule has 0 aliphatic carbocycles. The molecule has 1 aromatic heterocycles. The molecule has 5 aromatic rings. The van der Waals surface area contributed by atoms with E-state index in [4.69, 9.17) is 4.74 Å². The molecule has 0 saturated carbocycles. The standard InChI is InChI=1S/C32H28FN5O2/c1-22-6-2-3-7-25(22)19-37-20-27(35-36-37)21-40-28-16-12-24(13-17-28)31-34-30-9-5-4-8-29(30)32(39)38(31)18-23-10-14-26(33)15-11-23/h2-17,20,31,34H,18-19,21H2,1H3. The summed E-state index contributed by atoms with van der Waals surface area (Å²) >= 11 is 0. The lowest BCUT2D eigenvalue weighted by Gasteiger charge is -2.38. The zero-order valence-electron chi connectivity index (χ0n) is 22.0. The fraction of sp³-hybridized carbons (Fsp3) is 0.156. The van der Waals surface area contributed by atoms with Gasteiger partial charge in [-0.25, -0.2) is 9.07 Å². The summed E-state index contributed by atoms with van der Waals surface area (Å²) in [5.41, 5.74) is 6.28. The summed E-state index contributed by atoms with van der Waals surface area (Å²) < 4.78 is 21.3. The van der Waals surface area contributed by atoms with E-state index in [1.54, 1.807) is 17.0 Å². The van der Waals surface area contributed by atoms with E-state index in [0.29, 0.717) is 24.4 Å². The average molecular weight is 534 g/mol. The molecule has 1 aliphatic heterocycles. The number of nitrogens with one attached hydrogen (secondary N) is 1. The largest absolute Gasteiger partial charge is 0.487 e. The number of rotatable bonds is 8. The molecule has 1 N–H and O–H groups in total. The van der Waals surface area contributed by atoms with Crippen LogP contribution in [0.25, 0.3) is 0 Å². The molecular formula is C32H28FN5O2. The summed E-state index contributed by atoms with van der Waals surface area (Å²) in [7, 11) is 0. The minimum atomic E-state index is -0.400. The number of aromatic nitrogens is 3. The second-order valence-corrected chi connectivity index (χ2v) is 9.84. The number of anilines is 1. The summed E-state index contributed by atoms with van der Waals surface area (Å²) in [5.74, 6) is 0.292. The number of aryl methyl sites for hydroxylation is 1. The van der Waals surface area contributed by atoms with Crippen LogP contribution in [-0.4, -0.2) is 25.8 Å². The molecule has 2 heterocycles. The second-order valence-electron chi connectivity index (χ2n) is 9.84. The normalized spacial score (nSPS) is 14.5. The number of halogens is 1. The van der Waals surface area contributed by atoms with Crippen molar-refractivity contribution in [3.05, 3.63) is 143 Å². The van der Waals surface area contributed by atoms with Gasteiger partial charge in [0.05, 0.1) is 18.3 Å². The van der Waals surface area contributed by atoms with Crippen LogP contribution in [-0.2, 0) is 19.7 Å².